The van der Waals surface area contributed by atoms with E-state index >= 15 is 0 Å². The molecule has 0 fully saturated rings. The van der Waals surface area contributed by atoms with Gasteiger partial charge in [-0.2, -0.15) is 0 Å². The van der Waals surface area contributed by atoms with Gasteiger partial charge in [0.1, 0.15) is 0 Å². The first-order valence-corrected chi connectivity index (χ1v) is 3.05. The maximum absolute atomic E-state index is 8.46. The van der Waals surface area contributed by atoms with E-state index in [2.05, 4.69) is 0 Å². The summed E-state index contributed by atoms with van der Waals surface area (Å²) < 4.78 is 25.1. The summed E-state index contributed by atoms with van der Waals surface area (Å²) in [5.74, 6) is 0. The molecule has 0 atom stereocenters. The third-order valence-electron chi connectivity index (χ3n) is 0. The Morgan fingerprint density at radius 1 is 1.00 bits per heavy atom. The molecule has 2 N–H and O–H groups in total. The second kappa shape index (κ2) is 50.6. The molecule has 0 unspecified atom stereocenters. The minimum absolute atomic E-state index is 0.833. The predicted octanol–water partition coefficient (Wildman–Crippen LogP) is 0.250. The quantitative estimate of drug-likeness (QED) is 0.540. The van der Waals surface area contributed by atoms with Crippen LogP contribution in [0.5, 0.6) is 0 Å². The fourth-order valence-electron chi connectivity index (χ4n) is 0. The summed E-state index contributed by atoms with van der Waals surface area (Å²) in [5.41, 5.74) is 0. The van der Waals surface area contributed by atoms with E-state index in [1.165, 1.54) is 0 Å². The Bertz CT molecular complexity index is 39.7. The number of hydrogen-bond donors (Lipinski definition) is 2. The van der Waals surface area contributed by atoms with E-state index < -0.39 is 17.4 Å². The van der Waals surface area contributed by atoms with E-state index in [-0.39, 0.29) is 0 Å². The zero-order valence-electron chi connectivity index (χ0n) is 3.46. The molecule has 0 aliphatic heterocycles. The van der Waals surface area contributed by atoms with Crippen LogP contribution in [-0.2, 0) is 30.2 Å². The first kappa shape index (κ1) is 15.8. The van der Waals surface area contributed by atoms with Crippen LogP contribution in [0, 0.1) is 0 Å². The van der Waals surface area contributed by atoms with Crippen LogP contribution in [0.2, 0.25) is 0 Å². The normalized spacial score (nSPS) is 6.00. The Balaban J connectivity index is -0.0000000483. The van der Waals surface area contributed by atoms with Crippen LogP contribution in [0.25, 0.3) is 0 Å². The zero-order valence-corrected chi connectivity index (χ0v) is 6.65. The molecule has 0 bridgehead atoms. The van der Waals surface area contributed by atoms with E-state index in [0.29, 0.717) is 0 Å². The van der Waals surface area contributed by atoms with Gasteiger partial charge in [0.25, 0.3) is 0 Å². The van der Waals surface area contributed by atoms with Gasteiger partial charge in [-0.15, -0.1) is 0 Å². The molecule has 0 aromatic heterocycles. The molecule has 0 aliphatic rings. The molecule has 0 radical (unpaired) electrons. The molecule has 0 saturated heterocycles. The minimum atomic E-state index is -0.833. The van der Waals surface area contributed by atoms with Crippen molar-refractivity contribution in [2.45, 2.75) is 0 Å². The third kappa shape index (κ3) is 775. The van der Waals surface area contributed by atoms with Crippen molar-refractivity contribution in [1.29, 1.82) is 0 Å². The van der Waals surface area contributed by atoms with Crippen LogP contribution in [0.1, 0.15) is 0 Å². The molecule has 0 spiro atoms. The fraction of sp³-hybridized carbons (Fsp3) is 0. The third-order valence-corrected chi connectivity index (χ3v) is 0. The summed E-state index contributed by atoms with van der Waals surface area (Å²) >= 11 is 1.06. The molecular weight excluding hydrogens is 193 g/mol. The summed E-state index contributed by atoms with van der Waals surface area (Å²) in [4.78, 5) is 14.0. The van der Waals surface area contributed by atoms with E-state index in [0.717, 1.165) is 17.4 Å². The first-order valence-electron chi connectivity index (χ1n) is 0.948. The van der Waals surface area contributed by atoms with E-state index in [1.54, 1.807) is 0 Å². The molecule has 8 heteroatoms. The van der Waals surface area contributed by atoms with Gasteiger partial charge in [0, 0.05) is 0 Å². The van der Waals surface area contributed by atoms with Crippen molar-refractivity contribution < 1.29 is 40.0 Å². The summed E-state index contributed by atoms with van der Waals surface area (Å²) in [7, 11) is -1.67. The summed E-state index contributed by atoms with van der Waals surface area (Å²) in [5, 5.41) is 0. The van der Waals surface area contributed by atoms with Gasteiger partial charge in [-0.3, -0.25) is 0 Å². The molecule has 0 rings (SSSR count). The van der Waals surface area contributed by atoms with E-state index in [9.17, 15) is 0 Å². The van der Waals surface area contributed by atoms with E-state index in [1.807, 2.05) is 0 Å². The second-order valence-corrected chi connectivity index (χ2v) is 0.490. The van der Waals surface area contributed by atoms with Crippen molar-refractivity contribution in [1.82, 2.24) is 0 Å². The standard InChI is InChI=1S/2HO2P.O.V/c2*1-3-2;;/h2*(H,1,2);;/q;;;+2. The second-order valence-electron chi connectivity index (χ2n) is 0.163. The molecule has 8 heavy (non-hydrogen) atoms. The Hall–Kier alpha value is 0.504. The van der Waals surface area contributed by atoms with Gasteiger partial charge >= 0.3 is 38.4 Å². The van der Waals surface area contributed by atoms with Crippen molar-refractivity contribution >= 4 is 17.4 Å². The molecule has 45 valence electrons. The molecule has 0 saturated carbocycles. The summed E-state index contributed by atoms with van der Waals surface area (Å²) in [6, 6.07) is 0. The molecule has 0 aromatic carbocycles. The van der Waals surface area contributed by atoms with Crippen molar-refractivity contribution in [3.05, 3.63) is 0 Å². The van der Waals surface area contributed by atoms with Gasteiger partial charge in [0.2, 0.25) is 0 Å². The van der Waals surface area contributed by atoms with Crippen LogP contribution in [0.15, 0.2) is 0 Å². The summed E-state index contributed by atoms with van der Waals surface area (Å²) in [6.07, 6.45) is 0. The average molecular weight is 195 g/mol. The average Bonchev–Trinajstić information content (AvgIpc) is 1.75. The van der Waals surface area contributed by atoms with Crippen LogP contribution in [0.3, 0.4) is 0 Å². The Labute approximate surface area is 57.9 Å². The topological polar surface area (TPSA) is 91.7 Å². The van der Waals surface area contributed by atoms with Crippen molar-refractivity contribution in [2.75, 3.05) is 0 Å². The molecule has 0 heterocycles. The SMILES string of the molecule is O=PO.O=PO.[O]=[V+2]. The van der Waals surface area contributed by atoms with Crippen molar-refractivity contribution in [2.24, 2.45) is 0 Å². The van der Waals surface area contributed by atoms with Crippen molar-refractivity contribution in [3.8, 4) is 0 Å². The van der Waals surface area contributed by atoms with Crippen LogP contribution in [-0.4, -0.2) is 9.79 Å². The van der Waals surface area contributed by atoms with Gasteiger partial charge in [-0.25, -0.2) is 9.13 Å². The van der Waals surface area contributed by atoms with Crippen LogP contribution < -0.4 is 0 Å². The van der Waals surface area contributed by atoms with E-state index in [4.69, 9.17) is 22.6 Å². The zero-order chi connectivity index (χ0) is 7.41. The molecule has 0 amide bonds. The van der Waals surface area contributed by atoms with Crippen LogP contribution in [0.4, 0.5) is 0 Å². The number of rotatable bonds is 0. The molecule has 0 aliphatic carbocycles. The summed E-state index contributed by atoms with van der Waals surface area (Å²) in [6.45, 7) is 0. The first-order chi connectivity index (χ1) is 3.83. The monoisotopic (exact) mass is 195 g/mol. The molecule has 5 nitrogen and oxygen atoms in total. The van der Waals surface area contributed by atoms with Gasteiger partial charge in [0.05, 0.1) is 0 Å². The predicted molar refractivity (Wildman–Crippen MR) is 20.3 cm³/mol. The number of hydrogen-bond acceptors (Lipinski definition) is 3. The fourth-order valence-corrected chi connectivity index (χ4v) is 0. The molecule has 0 aromatic rings. The van der Waals surface area contributed by atoms with Gasteiger partial charge in [-0.1, -0.05) is 0 Å². The Kier molecular flexibility index (Phi) is 100. The Morgan fingerprint density at radius 2 is 1.00 bits per heavy atom. The van der Waals surface area contributed by atoms with Crippen LogP contribution >= 0.6 is 17.4 Å². The molecular formula is H2O5P2V+2. The van der Waals surface area contributed by atoms with Gasteiger partial charge < -0.3 is 9.79 Å². The van der Waals surface area contributed by atoms with Gasteiger partial charge in [-0.05, 0) is 0 Å². The Morgan fingerprint density at radius 3 is 1.00 bits per heavy atom. The van der Waals surface area contributed by atoms with Crippen molar-refractivity contribution in [3.63, 3.8) is 0 Å². The van der Waals surface area contributed by atoms with Gasteiger partial charge in [0.15, 0.2) is 0 Å². The maximum atomic E-state index is 8.46.